The topological polar surface area (TPSA) is 74.7 Å². The number of anilines is 1. The minimum Gasteiger partial charge on any atom is -0.478 e. The van der Waals surface area contributed by atoms with Crippen LogP contribution in [0, 0.1) is 5.92 Å². The zero-order chi connectivity index (χ0) is 25.9. The summed E-state index contributed by atoms with van der Waals surface area (Å²) in [6.07, 6.45) is -3.15. The first-order valence-electron chi connectivity index (χ1n) is 11.6. The third kappa shape index (κ3) is 6.60. The van der Waals surface area contributed by atoms with E-state index in [0.717, 1.165) is 12.1 Å². The maximum atomic E-state index is 13.1. The van der Waals surface area contributed by atoms with Crippen LogP contribution in [0.1, 0.15) is 40.7 Å². The van der Waals surface area contributed by atoms with E-state index < -0.39 is 23.6 Å². The zero-order valence-corrected chi connectivity index (χ0v) is 20.8. The number of halogens is 3. The van der Waals surface area contributed by atoms with Gasteiger partial charge in [0.25, 0.3) is 0 Å². The molecule has 1 aliphatic rings. The Morgan fingerprint density at radius 1 is 0.946 bits per heavy atom. The standard InChI is InChI=1S/C28H24F3NO4.H2S/c29-28(30,31)21-11-7-18(8-12-21)16-23(33)17-20-4-3-15-32(26(20)34)22-13-9-19(10-14-22)24-5-1-2-6-25(24)27(35)36;/h1-2,5-14,20H,3-4,15-17H2,(H,35,36);1H2/t20-;/m1./s1. The highest BCUT2D eigenvalue weighted by molar-refractivity contribution is 7.59. The number of piperidine rings is 1. The molecular weight excluding hydrogens is 503 g/mol. The van der Waals surface area contributed by atoms with Crippen molar-refractivity contribution in [3.63, 3.8) is 0 Å². The number of hydrogen-bond acceptors (Lipinski definition) is 3. The lowest BCUT2D eigenvalue weighted by atomic mass is 9.89. The van der Waals surface area contributed by atoms with Crippen LogP contribution in [0.15, 0.2) is 72.8 Å². The lowest BCUT2D eigenvalue weighted by molar-refractivity contribution is -0.137. The van der Waals surface area contributed by atoms with Gasteiger partial charge in [-0.1, -0.05) is 42.5 Å². The van der Waals surface area contributed by atoms with Gasteiger partial charge in [-0.05, 0) is 59.9 Å². The van der Waals surface area contributed by atoms with Crippen molar-refractivity contribution in [3.05, 3.63) is 89.5 Å². The molecule has 0 unspecified atom stereocenters. The van der Waals surface area contributed by atoms with Crippen LogP contribution in [0.4, 0.5) is 18.9 Å². The second-order valence-corrected chi connectivity index (χ2v) is 8.84. The van der Waals surface area contributed by atoms with Crippen LogP contribution in [0.2, 0.25) is 0 Å². The van der Waals surface area contributed by atoms with Crippen LogP contribution >= 0.6 is 13.5 Å². The molecule has 1 N–H and O–H groups in total. The summed E-state index contributed by atoms with van der Waals surface area (Å²) in [5.41, 5.74) is 1.85. The molecule has 1 fully saturated rings. The number of carbonyl (C=O) groups excluding carboxylic acids is 2. The monoisotopic (exact) mass is 529 g/mol. The van der Waals surface area contributed by atoms with Crippen molar-refractivity contribution in [2.45, 2.75) is 31.9 Å². The van der Waals surface area contributed by atoms with Gasteiger partial charge in [-0.25, -0.2) is 4.79 Å². The van der Waals surface area contributed by atoms with Crippen LogP contribution in [0.3, 0.4) is 0 Å². The molecule has 0 aliphatic carbocycles. The van der Waals surface area contributed by atoms with Gasteiger partial charge in [0.2, 0.25) is 5.91 Å². The highest BCUT2D eigenvalue weighted by Gasteiger charge is 2.32. The van der Waals surface area contributed by atoms with Gasteiger partial charge in [-0.3, -0.25) is 9.59 Å². The summed E-state index contributed by atoms with van der Waals surface area (Å²) in [6.45, 7) is 0.507. The lowest BCUT2D eigenvalue weighted by Gasteiger charge is -2.32. The number of nitrogens with zero attached hydrogens (tertiary/aromatic N) is 1. The van der Waals surface area contributed by atoms with E-state index in [1.54, 1.807) is 47.4 Å². The fraction of sp³-hybridized carbons (Fsp3) is 0.250. The Kier molecular flexibility index (Phi) is 8.81. The second kappa shape index (κ2) is 11.6. The number of ketones is 1. The Labute approximate surface area is 219 Å². The number of carboxylic acids is 1. The van der Waals surface area contributed by atoms with E-state index in [0.29, 0.717) is 41.8 Å². The van der Waals surface area contributed by atoms with Crippen molar-refractivity contribution in [3.8, 4) is 11.1 Å². The molecular formula is C28H26F3NO4S. The number of benzene rings is 3. The van der Waals surface area contributed by atoms with E-state index in [4.69, 9.17) is 0 Å². The number of Topliss-reactive ketones (excluding diaryl/α,β-unsaturated/α-hetero) is 1. The fourth-order valence-corrected chi connectivity index (χ4v) is 4.52. The van der Waals surface area contributed by atoms with Crippen molar-refractivity contribution in [1.29, 1.82) is 0 Å². The minimum atomic E-state index is -4.43. The van der Waals surface area contributed by atoms with Crippen LogP contribution in [-0.2, 0) is 22.2 Å². The molecule has 0 radical (unpaired) electrons. The molecule has 1 amide bonds. The van der Waals surface area contributed by atoms with Crippen molar-refractivity contribution in [1.82, 2.24) is 0 Å². The van der Waals surface area contributed by atoms with Crippen LogP contribution < -0.4 is 4.90 Å². The van der Waals surface area contributed by atoms with Gasteiger partial charge >= 0.3 is 12.1 Å². The highest BCUT2D eigenvalue weighted by Crippen LogP contribution is 2.31. The predicted octanol–water partition coefficient (Wildman–Crippen LogP) is 6.13. The average Bonchev–Trinajstić information content (AvgIpc) is 2.85. The maximum Gasteiger partial charge on any atom is 0.416 e. The first kappa shape index (κ1) is 28.0. The molecule has 194 valence electrons. The summed E-state index contributed by atoms with van der Waals surface area (Å²) < 4.78 is 38.2. The first-order valence-corrected chi connectivity index (χ1v) is 11.6. The third-order valence-corrected chi connectivity index (χ3v) is 6.35. The number of carboxylic acid groups (broad SMARTS) is 1. The van der Waals surface area contributed by atoms with E-state index in [1.165, 1.54) is 18.2 Å². The molecule has 1 saturated heterocycles. The van der Waals surface area contributed by atoms with Gasteiger partial charge in [0.1, 0.15) is 5.78 Å². The maximum absolute atomic E-state index is 13.1. The third-order valence-electron chi connectivity index (χ3n) is 6.35. The Morgan fingerprint density at radius 2 is 1.59 bits per heavy atom. The first-order chi connectivity index (χ1) is 17.1. The number of rotatable bonds is 7. The Morgan fingerprint density at radius 3 is 2.22 bits per heavy atom. The van der Waals surface area contributed by atoms with Gasteiger partial charge in [0, 0.05) is 31.0 Å². The van der Waals surface area contributed by atoms with Gasteiger partial charge in [0.05, 0.1) is 11.1 Å². The molecule has 1 aliphatic heterocycles. The van der Waals surface area contributed by atoms with E-state index in [2.05, 4.69) is 0 Å². The van der Waals surface area contributed by atoms with E-state index in [9.17, 15) is 32.7 Å². The lowest BCUT2D eigenvalue weighted by Crippen LogP contribution is -2.42. The number of carbonyl (C=O) groups is 3. The molecule has 0 aromatic heterocycles. The van der Waals surface area contributed by atoms with Crippen LogP contribution in [-0.4, -0.2) is 29.3 Å². The summed E-state index contributed by atoms with van der Waals surface area (Å²) in [5, 5.41) is 9.43. The fourth-order valence-electron chi connectivity index (χ4n) is 4.52. The molecule has 3 aromatic carbocycles. The molecule has 0 spiro atoms. The molecule has 9 heteroatoms. The Hall–Kier alpha value is -3.59. The van der Waals surface area contributed by atoms with Crippen molar-refractivity contribution in [2.24, 2.45) is 5.92 Å². The molecule has 1 heterocycles. The number of amides is 1. The Balaban J connectivity index is 0.00000380. The molecule has 4 rings (SSSR count). The molecule has 5 nitrogen and oxygen atoms in total. The van der Waals surface area contributed by atoms with Crippen molar-refractivity contribution in [2.75, 3.05) is 11.4 Å². The second-order valence-electron chi connectivity index (χ2n) is 8.84. The van der Waals surface area contributed by atoms with Gasteiger partial charge in [-0.15, -0.1) is 0 Å². The quantitative estimate of drug-likeness (QED) is 0.400. The van der Waals surface area contributed by atoms with E-state index in [1.807, 2.05) is 0 Å². The van der Waals surface area contributed by atoms with Gasteiger partial charge in [-0.2, -0.15) is 26.7 Å². The number of aromatic carboxylic acids is 1. The van der Waals surface area contributed by atoms with Crippen molar-refractivity contribution < 1.29 is 32.7 Å². The normalized spacial score (nSPS) is 15.7. The SMILES string of the molecule is O=C(Cc1ccc(C(F)(F)F)cc1)C[C@H]1CCCN(c2ccc(-c3ccccc3C(=O)O)cc2)C1=O.S. The molecule has 0 bridgehead atoms. The summed E-state index contributed by atoms with van der Waals surface area (Å²) >= 11 is 0. The predicted molar refractivity (Wildman–Crippen MR) is 139 cm³/mol. The molecule has 0 saturated carbocycles. The number of hydrogen-bond donors (Lipinski definition) is 1. The average molecular weight is 530 g/mol. The summed E-state index contributed by atoms with van der Waals surface area (Å²) in [6, 6.07) is 18.2. The number of alkyl halides is 3. The zero-order valence-electron chi connectivity index (χ0n) is 19.8. The van der Waals surface area contributed by atoms with Gasteiger partial charge in [0.15, 0.2) is 0 Å². The highest BCUT2D eigenvalue weighted by atomic mass is 32.1. The van der Waals surface area contributed by atoms with Crippen molar-refractivity contribution >= 4 is 36.8 Å². The summed E-state index contributed by atoms with van der Waals surface area (Å²) in [7, 11) is 0. The van der Waals surface area contributed by atoms with Gasteiger partial charge < -0.3 is 10.0 Å². The van der Waals surface area contributed by atoms with Crippen LogP contribution in [0.5, 0.6) is 0 Å². The summed E-state index contributed by atoms with van der Waals surface area (Å²) in [4.78, 5) is 38.9. The summed E-state index contributed by atoms with van der Waals surface area (Å²) in [5.74, 6) is -1.88. The molecule has 3 aromatic rings. The Bertz CT molecular complexity index is 1270. The van der Waals surface area contributed by atoms with E-state index >= 15 is 0 Å². The largest absolute Gasteiger partial charge is 0.478 e. The minimum absolute atomic E-state index is 0. The van der Waals surface area contributed by atoms with E-state index in [-0.39, 0.29) is 43.6 Å². The smallest absolute Gasteiger partial charge is 0.416 e. The van der Waals surface area contributed by atoms with Crippen LogP contribution in [0.25, 0.3) is 11.1 Å². The molecule has 1 atom stereocenters. The molecule has 37 heavy (non-hydrogen) atoms.